The monoisotopic (exact) mass is 408 g/mol. The molecule has 3 aliphatic rings. The van der Waals surface area contributed by atoms with Crippen LogP contribution in [0.4, 0.5) is 0 Å². The zero-order valence-corrected chi connectivity index (χ0v) is 16.8. The first-order valence-corrected chi connectivity index (χ1v) is 10.4. The first-order chi connectivity index (χ1) is 14.5. The second-order valence-electron chi connectivity index (χ2n) is 8.33. The number of amides is 3. The van der Waals surface area contributed by atoms with Crippen LogP contribution >= 0.6 is 0 Å². The molecule has 1 aliphatic carbocycles. The number of nitrogens with zero attached hydrogens (tertiary/aromatic N) is 3. The van der Waals surface area contributed by atoms with Crippen molar-refractivity contribution in [3.05, 3.63) is 41.7 Å². The third-order valence-electron chi connectivity index (χ3n) is 6.61. The molecule has 0 unspecified atom stereocenters. The van der Waals surface area contributed by atoms with Gasteiger partial charge in [0, 0.05) is 31.2 Å². The molecular formula is C22H24N4O4. The van der Waals surface area contributed by atoms with Crippen LogP contribution in [0.15, 0.2) is 34.9 Å². The molecule has 30 heavy (non-hydrogen) atoms. The van der Waals surface area contributed by atoms with E-state index in [1.165, 1.54) is 0 Å². The van der Waals surface area contributed by atoms with Crippen LogP contribution in [0.5, 0.6) is 0 Å². The number of aryl methyl sites for hydroxylation is 1. The van der Waals surface area contributed by atoms with Gasteiger partial charge in [0.05, 0.1) is 12.5 Å². The number of piperazine rings is 1. The molecule has 0 radical (unpaired) electrons. The van der Waals surface area contributed by atoms with Crippen molar-refractivity contribution < 1.29 is 18.9 Å². The van der Waals surface area contributed by atoms with Gasteiger partial charge in [-0.15, -0.1) is 0 Å². The van der Waals surface area contributed by atoms with Crippen LogP contribution in [0.2, 0.25) is 0 Å². The van der Waals surface area contributed by atoms with Crippen LogP contribution in [-0.4, -0.2) is 64.9 Å². The number of hydrogen-bond donors (Lipinski definition) is 1. The fourth-order valence-electron chi connectivity index (χ4n) is 5.20. The number of rotatable bonds is 3. The summed E-state index contributed by atoms with van der Waals surface area (Å²) >= 11 is 0. The summed E-state index contributed by atoms with van der Waals surface area (Å²) in [5.41, 5.74) is 1.84. The predicted octanol–water partition coefficient (Wildman–Crippen LogP) is 1.46. The third kappa shape index (κ3) is 2.98. The Balaban J connectivity index is 1.41. The highest BCUT2D eigenvalue weighted by atomic mass is 16.5. The average Bonchev–Trinajstić information content (AvgIpc) is 3.46. The van der Waals surface area contributed by atoms with Gasteiger partial charge in [0.1, 0.15) is 17.0 Å². The summed E-state index contributed by atoms with van der Waals surface area (Å²) in [5.74, 6) is 0.126. The highest BCUT2D eigenvalue weighted by molar-refractivity contribution is 6.01. The van der Waals surface area contributed by atoms with Crippen LogP contribution in [0.25, 0.3) is 11.3 Å². The fourth-order valence-corrected chi connectivity index (χ4v) is 5.20. The highest BCUT2D eigenvalue weighted by Crippen LogP contribution is 2.45. The number of hydrogen-bond acceptors (Lipinski definition) is 5. The summed E-state index contributed by atoms with van der Waals surface area (Å²) in [6.07, 6.45) is 1.73. The van der Waals surface area contributed by atoms with Crippen LogP contribution in [-0.2, 0) is 9.59 Å². The normalized spacial score (nSPS) is 25.5. The summed E-state index contributed by atoms with van der Waals surface area (Å²) in [7, 11) is 0. The van der Waals surface area contributed by atoms with Crippen molar-refractivity contribution in [3.63, 3.8) is 0 Å². The smallest absolute Gasteiger partial charge is 0.260 e. The number of nitrogens with one attached hydrogen (secondary N) is 1. The minimum Gasteiger partial charge on any atom is -0.360 e. The zero-order chi connectivity index (χ0) is 20.8. The third-order valence-corrected chi connectivity index (χ3v) is 6.61. The summed E-state index contributed by atoms with van der Waals surface area (Å²) in [6.45, 7) is 3.41. The maximum atomic E-state index is 13.5. The van der Waals surface area contributed by atoms with Gasteiger partial charge in [-0.25, -0.2) is 0 Å². The molecule has 1 aromatic carbocycles. The molecule has 2 aliphatic heterocycles. The van der Waals surface area contributed by atoms with Gasteiger partial charge < -0.3 is 19.6 Å². The van der Waals surface area contributed by atoms with E-state index in [-0.39, 0.29) is 42.1 Å². The van der Waals surface area contributed by atoms with Crippen LogP contribution in [0.1, 0.15) is 29.0 Å². The van der Waals surface area contributed by atoms with Crippen molar-refractivity contribution in [2.24, 2.45) is 11.8 Å². The van der Waals surface area contributed by atoms with Crippen molar-refractivity contribution in [2.45, 2.75) is 25.8 Å². The number of carbonyl (C=O) groups is 3. The number of likely N-dealkylation sites (tertiary alicyclic amines) is 1. The largest absolute Gasteiger partial charge is 0.360 e. The van der Waals surface area contributed by atoms with Gasteiger partial charge in [-0.2, -0.15) is 0 Å². The maximum absolute atomic E-state index is 13.5. The fraction of sp³-hybridized carbons (Fsp3) is 0.455. The number of fused-ring (bicyclic) bond motifs is 2. The Morgan fingerprint density at radius 2 is 2.00 bits per heavy atom. The molecular weight excluding hydrogens is 384 g/mol. The van der Waals surface area contributed by atoms with Crippen molar-refractivity contribution in [2.75, 3.05) is 26.2 Å². The van der Waals surface area contributed by atoms with E-state index in [9.17, 15) is 14.4 Å². The average molecular weight is 408 g/mol. The standard InChI is InChI=1S/C22H24N4O4/c1-13-18(20(24-30-13)14-5-3-2-4-6-14)22(29)26-11-15-7-8-16(26)19(15)21(28)25-10-9-23-17(27)12-25/h2-6,15-16,19H,7-12H2,1H3,(H,23,27)/t15-,16-,19+/m0/s1. The Bertz CT molecular complexity index is 1000. The summed E-state index contributed by atoms with van der Waals surface area (Å²) in [4.78, 5) is 41.9. The first kappa shape index (κ1) is 18.8. The van der Waals surface area contributed by atoms with Crippen molar-refractivity contribution in [1.82, 2.24) is 20.3 Å². The topological polar surface area (TPSA) is 95.8 Å². The maximum Gasteiger partial charge on any atom is 0.260 e. The zero-order valence-electron chi connectivity index (χ0n) is 16.8. The lowest BCUT2D eigenvalue weighted by Gasteiger charge is -2.31. The quantitative estimate of drug-likeness (QED) is 0.830. The molecule has 5 rings (SSSR count). The lowest BCUT2D eigenvalue weighted by Crippen LogP contribution is -2.53. The van der Waals surface area contributed by atoms with Gasteiger partial charge in [-0.05, 0) is 25.7 Å². The van der Waals surface area contributed by atoms with E-state index >= 15 is 0 Å². The Hall–Kier alpha value is -3.16. The van der Waals surface area contributed by atoms with Gasteiger partial charge in [0.15, 0.2) is 0 Å². The van der Waals surface area contributed by atoms with Gasteiger partial charge >= 0.3 is 0 Å². The minimum absolute atomic E-state index is 0.00188. The van der Waals surface area contributed by atoms with E-state index in [0.717, 1.165) is 18.4 Å². The lowest BCUT2D eigenvalue weighted by molar-refractivity contribution is -0.142. The number of benzene rings is 1. The molecule has 156 valence electrons. The molecule has 1 N–H and O–H groups in total. The second kappa shape index (κ2) is 7.27. The molecule has 3 atom stereocenters. The van der Waals surface area contributed by atoms with E-state index in [0.29, 0.717) is 36.7 Å². The molecule has 8 nitrogen and oxygen atoms in total. The molecule has 0 spiro atoms. The predicted molar refractivity (Wildman–Crippen MR) is 107 cm³/mol. The van der Waals surface area contributed by atoms with E-state index in [1.807, 2.05) is 35.2 Å². The van der Waals surface area contributed by atoms with Gasteiger partial charge in [-0.1, -0.05) is 35.5 Å². The van der Waals surface area contributed by atoms with E-state index in [4.69, 9.17) is 4.52 Å². The molecule has 8 heteroatoms. The van der Waals surface area contributed by atoms with Crippen LogP contribution in [0.3, 0.4) is 0 Å². The van der Waals surface area contributed by atoms with Crippen molar-refractivity contribution in [1.29, 1.82) is 0 Å². The Kier molecular flexibility index (Phi) is 4.56. The van der Waals surface area contributed by atoms with Crippen LogP contribution < -0.4 is 5.32 Å². The van der Waals surface area contributed by atoms with E-state index in [2.05, 4.69) is 10.5 Å². The summed E-state index contributed by atoms with van der Waals surface area (Å²) in [6, 6.07) is 9.37. The summed E-state index contributed by atoms with van der Waals surface area (Å²) in [5, 5.41) is 6.89. The molecule has 1 aromatic heterocycles. The molecule has 2 bridgehead atoms. The van der Waals surface area contributed by atoms with Crippen molar-refractivity contribution >= 4 is 17.7 Å². The van der Waals surface area contributed by atoms with Gasteiger partial charge in [-0.3, -0.25) is 14.4 Å². The van der Waals surface area contributed by atoms with E-state index < -0.39 is 0 Å². The number of carbonyl (C=O) groups excluding carboxylic acids is 3. The SMILES string of the molecule is Cc1onc(-c2ccccc2)c1C(=O)N1C[C@@H]2CC[C@H]1[C@@H]2C(=O)N1CCNC(=O)C1. The molecule has 2 saturated heterocycles. The van der Waals surface area contributed by atoms with Crippen LogP contribution in [0, 0.1) is 18.8 Å². The summed E-state index contributed by atoms with van der Waals surface area (Å²) < 4.78 is 5.38. The molecule has 3 heterocycles. The molecule has 3 fully saturated rings. The van der Waals surface area contributed by atoms with Crippen molar-refractivity contribution in [3.8, 4) is 11.3 Å². The number of piperidine rings is 1. The van der Waals surface area contributed by atoms with Gasteiger partial charge in [0.25, 0.3) is 5.91 Å². The molecule has 2 aromatic rings. The van der Waals surface area contributed by atoms with E-state index in [1.54, 1.807) is 11.8 Å². The minimum atomic E-state index is -0.236. The number of aromatic nitrogens is 1. The van der Waals surface area contributed by atoms with Gasteiger partial charge in [0.2, 0.25) is 11.8 Å². The first-order valence-electron chi connectivity index (χ1n) is 10.4. The Morgan fingerprint density at radius 1 is 1.20 bits per heavy atom. The lowest BCUT2D eigenvalue weighted by atomic mass is 9.96. The highest BCUT2D eigenvalue weighted by Gasteiger charge is 2.53. The molecule has 3 amide bonds. The Morgan fingerprint density at radius 3 is 2.77 bits per heavy atom. The second-order valence-corrected chi connectivity index (χ2v) is 8.33. The molecule has 1 saturated carbocycles. The Labute approximate surface area is 174 Å².